The van der Waals surface area contributed by atoms with Crippen LogP contribution in [0.2, 0.25) is 15.1 Å². The van der Waals surface area contributed by atoms with Gasteiger partial charge in [0, 0.05) is 188 Å². The number of nitrogens with two attached hydrogens (primary N) is 1. The second-order valence-electron chi connectivity index (χ2n) is 25.1. The van der Waals surface area contributed by atoms with Crippen molar-refractivity contribution in [3.05, 3.63) is 316 Å². The van der Waals surface area contributed by atoms with Gasteiger partial charge in [-0.15, -0.1) is 0 Å². The number of rotatable bonds is 14. The van der Waals surface area contributed by atoms with Crippen LogP contribution in [0.15, 0.2) is 183 Å². The number of carbonyl (C=O) groups is 3. The number of esters is 1. The number of amides is 2. The predicted octanol–water partition coefficient (Wildman–Crippen LogP) is 16.8. The van der Waals surface area contributed by atoms with Gasteiger partial charge < -0.3 is 36.1 Å². The summed E-state index contributed by atoms with van der Waals surface area (Å²) in [6.07, 6.45) is 16.2. The summed E-state index contributed by atoms with van der Waals surface area (Å²) in [5.74, 6) is -2.24. The van der Waals surface area contributed by atoms with Gasteiger partial charge in [0.05, 0.1) is 61.0 Å². The van der Waals surface area contributed by atoms with Crippen LogP contribution in [-0.4, -0.2) is 69.7 Å². The molecule has 25 heteroatoms. The number of nitriles is 3. The molecule has 0 aliphatic carbocycles. The molecule has 0 radical (unpaired) electrons. The number of hydrogen-bond donors (Lipinski definition) is 6. The van der Waals surface area contributed by atoms with Gasteiger partial charge in [-0.1, -0.05) is 34.8 Å². The van der Waals surface area contributed by atoms with Crippen molar-refractivity contribution in [3.8, 4) is 18.2 Å². The highest BCUT2D eigenvalue weighted by molar-refractivity contribution is 6.36. The first-order valence-electron chi connectivity index (χ1n) is 33.1. The summed E-state index contributed by atoms with van der Waals surface area (Å²) in [5, 5.41) is 40.5. The van der Waals surface area contributed by atoms with Gasteiger partial charge in [-0.05, 0) is 182 Å². The summed E-state index contributed by atoms with van der Waals surface area (Å²) in [6, 6.07) is 43.0. The molecule has 2 amide bonds. The number of halogens is 6. The molecule has 0 spiro atoms. The molecule has 0 saturated heterocycles. The second-order valence-corrected chi connectivity index (χ2v) is 26.3. The molecule has 0 aliphatic rings. The van der Waals surface area contributed by atoms with E-state index in [2.05, 4.69) is 73.7 Å². The summed E-state index contributed by atoms with van der Waals surface area (Å²) in [7, 11) is 1.35. The standard InChI is InChI=1S/2C27H19ClFN5O.C19H15N3O2.C9H8ClFN2/c2*1-15-4-18-5-16(6-19(11-30)26(18)33-12-15)7-21-8-17(2-3-31-21)27(35)34-13-20-9-22-23(28)14-32-25(22)10-24(20)29;1-12-5-15-6-13(7-16(10-20)18(15)22-11-12)8-17-9-14(3-4-21-17)19(23)24-2;10-7-4-13-9-2-8(11)5(3-12)1-6(7)9/h2*2-6,8-10,12,14,32H,7,13H2,1H3,(H,34,35);3-7,9,11H,8H2,1-2H3;1-2,4,13H,3,12H2. The summed E-state index contributed by atoms with van der Waals surface area (Å²) < 4.78 is 46.8. The van der Waals surface area contributed by atoms with Crippen LogP contribution in [0.4, 0.5) is 13.2 Å². The van der Waals surface area contributed by atoms with Gasteiger partial charge in [0.2, 0.25) is 0 Å². The smallest absolute Gasteiger partial charge is 0.337 e. The molecule has 9 heterocycles. The fourth-order valence-corrected chi connectivity index (χ4v) is 12.8. The lowest BCUT2D eigenvalue weighted by atomic mass is 10.0. The number of aromatic amines is 3. The van der Waals surface area contributed by atoms with E-state index in [1.54, 1.807) is 123 Å². The zero-order chi connectivity index (χ0) is 75.6. The molecule has 0 unspecified atom stereocenters. The van der Waals surface area contributed by atoms with Gasteiger partial charge in [0.15, 0.2) is 0 Å². The van der Waals surface area contributed by atoms with Crippen molar-refractivity contribution in [1.82, 2.24) is 55.5 Å². The predicted molar refractivity (Wildman–Crippen MR) is 406 cm³/mol. The minimum atomic E-state index is -0.430. The number of aryl methyl sites for hydroxylation is 3. The molecular weight excluding hydrogens is 1420 g/mol. The number of pyridine rings is 6. The molecule has 530 valence electrons. The van der Waals surface area contributed by atoms with Crippen molar-refractivity contribution in [2.45, 2.75) is 59.7 Å². The SMILES string of the molecule is COC(=O)c1ccnc(Cc2cc(C#N)c3ncc(C)cc3c2)c1.Cc1cnc2c(C#N)cc(Cc3cc(C(=O)NCc4cc5c(Cl)c[nH]c5cc4F)ccn3)cc2c1.Cc1cnc2c(C#N)cc(Cc3cc(C(=O)NCc4cc5c(Cl)c[nH]c5cc4F)ccn3)cc2c1.NCc1cc2c(Cl)c[nH]c2cc1F. The number of aromatic nitrogens is 9. The van der Waals surface area contributed by atoms with E-state index in [1.807, 2.05) is 63.2 Å². The second kappa shape index (κ2) is 32.8. The number of fused-ring (bicyclic) bond motifs is 6. The lowest BCUT2D eigenvalue weighted by molar-refractivity contribution is 0.0600. The van der Waals surface area contributed by atoms with Gasteiger partial charge in [0.1, 0.15) is 35.7 Å². The Hall–Kier alpha value is -12.9. The number of carbonyl (C=O) groups excluding carboxylic acids is 3. The van der Waals surface area contributed by atoms with Crippen molar-refractivity contribution in [2.75, 3.05) is 7.11 Å². The highest BCUT2D eigenvalue weighted by Gasteiger charge is 2.18. The topological polar surface area (TPSA) is 307 Å². The molecule has 15 aromatic rings. The van der Waals surface area contributed by atoms with E-state index in [9.17, 15) is 43.3 Å². The van der Waals surface area contributed by atoms with Crippen LogP contribution in [0.1, 0.15) is 115 Å². The average molecular weight is 1480 g/mol. The van der Waals surface area contributed by atoms with Crippen molar-refractivity contribution in [3.63, 3.8) is 0 Å². The zero-order valence-corrected chi connectivity index (χ0v) is 59.8. The monoisotopic (exact) mass is 1480 g/mol. The first-order valence-corrected chi connectivity index (χ1v) is 34.2. The molecule has 0 atom stereocenters. The lowest BCUT2D eigenvalue weighted by Gasteiger charge is -2.09. The molecule has 9 aromatic heterocycles. The van der Waals surface area contributed by atoms with Gasteiger partial charge in [-0.3, -0.25) is 39.5 Å². The van der Waals surface area contributed by atoms with Crippen LogP contribution >= 0.6 is 34.8 Å². The molecule has 15 rings (SSSR count). The normalized spacial score (nSPS) is 10.9. The minimum Gasteiger partial charge on any atom is -0.465 e. The number of hydrogen-bond acceptors (Lipinski definition) is 14. The Bertz CT molecular complexity index is 5890. The van der Waals surface area contributed by atoms with Crippen molar-refractivity contribution < 1.29 is 32.3 Å². The summed E-state index contributed by atoms with van der Waals surface area (Å²) in [6.45, 7) is 6.08. The molecule has 107 heavy (non-hydrogen) atoms. The van der Waals surface area contributed by atoms with Gasteiger partial charge in [-0.2, -0.15) is 15.8 Å². The van der Waals surface area contributed by atoms with E-state index in [0.29, 0.717) is 140 Å². The Labute approximate surface area is 624 Å². The molecule has 0 bridgehead atoms. The number of nitrogens with zero attached hydrogens (tertiary/aromatic N) is 9. The van der Waals surface area contributed by atoms with Crippen LogP contribution in [0.5, 0.6) is 0 Å². The Kier molecular flexibility index (Phi) is 22.7. The van der Waals surface area contributed by atoms with Gasteiger partial charge >= 0.3 is 5.97 Å². The Morgan fingerprint density at radius 1 is 0.458 bits per heavy atom. The van der Waals surface area contributed by atoms with E-state index < -0.39 is 17.6 Å². The third kappa shape index (κ3) is 17.3. The summed E-state index contributed by atoms with van der Waals surface area (Å²) in [5.41, 5.74) is 21.1. The maximum Gasteiger partial charge on any atom is 0.337 e. The molecule has 6 aromatic carbocycles. The molecule has 7 N–H and O–H groups in total. The number of nitrogens with one attached hydrogen (secondary N) is 5. The fourth-order valence-electron chi connectivity index (χ4n) is 12.2. The van der Waals surface area contributed by atoms with Crippen LogP contribution in [0.3, 0.4) is 0 Å². The number of benzene rings is 6. The number of methoxy groups -OCH3 is 1. The highest BCUT2D eigenvalue weighted by Crippen LogP contribution is 2.31. The summed E-state index contributed by atoms with van der Waals surface area (Å²) >= 11 is 18.1. The van der Waals surface area contributed by atoms with Gasteiger partial charge in [0.25, 0.3) is 11.8 Å². The third-order valence-corrected chi connectivity index (χ3v) is 18.3. The van der Waals surface area contributed by atoms with Crippen molar-refractivity contribution >= 4 is 118 Å². The zero-order valence-electron chi connectivity index (χ0n) is 57.6. The average Bonchev–Trinajstić information content (AvgIpc) is 1.05. The number of ether oxygens (including phenoxy) is 1. The van der Waals surface area contributed by atoms with Crippen LogP contribution in [-0.2, 0) is 43.6 Å². The van der Waals surface area contributed by atoms with E-state index in [4.69, 9.17) is 45.3 Å². The van der Waals surface area contributed by atoms with Crippen LogP contribution < -0.4 is 16.4 Å². The van der Waals surface area contributed by atoms with E-state index in [1.165, 1.54) is 25.3 Å². The third-order valence-electron chi connectivity index (χ3n) is 17.3. The Balaban J connectivity index is 0.000000140. The van der Waals surface area contributed by atoms with Crippen molar-refractivity contribution in [2.24, 2.45) is 5.73 Å². The molecule has 0 saturated carbocycles. The van der Waals surface area contributed by atoms with E-state index in [-0.39, 0.29) is 37.3 Å². The van der Waals surface area contributed by atoms with Crippen LogP contribution in [0, 0.1) is 72.2 Å². The number of H-pyrrole nitrogens is 3. The molecule has 19 nitrogen and oxygen atoms in total. The maximum absolute atomic E-state index is 14.4. The van der Waals surface area contributed by atoms with Crippen molar-refractivity contribution in [1.29, 1.82) is 15.8 Å². The van der Waals surface area contributed by atoms with Gasteiger partial charge in [-0.25, -0.2) is 18.0 Å². The Morgan fingerprint density at radius 2 is 0.785 bits per heavy atom. The minimum absolute atomic E-state index is 0.0162. The van der Waals surface area contributed by atoms with E-state index in [0.717, 1.165) is 60.6 Å². The largest absolute Gasteiger partial charge is 0.465 e. The highest BCUT2D eigenvalue weighted by atomic mass is 35.5. The molecule has 0 aliphatic heterocycles. The molecular formula is C82H61Cl3F3N15O4. The quantitative estimate of drug-likeness (QED) is 0.0552. The first kappa shape index (κ1) is 73.9. The van der Waals surface area contributed by atoms with Crippen LogP contribution in [0.25, 0.3) is 65.4 Å². The first-order chi connectivity index (χ1) is 51.6. The molecule has 0 fully saturated rings. The Morgan fingerprint density at radius 3 is 1.12 bits per heavy atom. The van der Waals surface area contributed by atoms with E-state index >= 15 is 0 Å². The lowest BCUT2D eigenvalue weighted by Crippen LogP contribution is -2.23. The fraction of sp³-hybridized carbons (Fsp3) is 0.122. The summed E-state index contributed by atoms with van der Waals surface area (Å²) in [4.78, 5) is 72.0. The maximum atomic E-state index is 14.4.